The van der Waals surface area contributed by atoms with Crippen LogP contribution in [0.1, 0.15) is 49.7 Å². The minimum absolute atomic E-state index is 0.492. The van der Waals surface area contributed by atoms with E-state index in [0.29, 0.717) is 5.54 Å². The fourth-order valence-electron chi connectivity index (χ4n) is 5.48. The second-order valence-corrected chi connectivity index (χ2v) is 7.89. The quantitative estimate of drug-likeness (QED) is 0.852. The van der Waals surface area contributed by atoms with E-state index in [1.54, 1.807) is 0 Å². The molecule has 0 unspecified atom stereocenters. The minimum Gasteiger partial charge on any atom is -0.308 e. The van der Waals surface area contributed by atoms with E-state index in [2.05, 4.69) is 48.7 Å². The average molecular weight is 281 g/mol. The fraction of sp³-hybridized carbons (Fsp3) is 0.600. The Bertz CT molecular complexity index is 490. The van der Waals surface area contributed by atoms with E-state index in [9.17, 15) is 0 Å². The summed E-state index contributed by atoms with van der Waals surface area (Å²) in [6.45, 7) is 3.17. The highest BCUT2D eigenvalue weighted by Gasteiger charge is 2.50. The van der Waals surface area contributed by atoms with Crippen molar-refractivity contribution in [3.8, 4) is 0 Å². The summed E-state index contributed by atoms with van der Waals surface area (Å²) in [5.74, 6) is 3.10. The molecule has 112 valence electrons. The summed E-state index contributed by atoms with van der Waals surface area (Å²) in [6.07, 6.45) is 13.5. The van der Waals surface area contributed by atoms with E-state index >= 15 is 0 Å². The van der Waals surface area contributed by atoms with Crippen molar-refractivity contribution >= 4 is 6.08 Å². The van der Waals surface area contributed by atoms with E-state index in [1.165, 1.54) is 49.7 Å². The molecule has 4 fully saturated rings. The molecule has 1 N–H and O–H groups in total. The molecule has 0 aliphatic heterocycles. The third kappa shape index (κ3) is 2.81. The molecule has 1 nitrogen and oxygen atoms in total. The zero-order chi connectivity index (χ0) is 14.3. The zero-order valence-corrected chi connectivity index (χ0v) is 13.1. The van der Waals surface area contributed by atoms with Gasteiger partial charge in [-0.25, -0.2) is 0 Å². The lowest BCUT2D eigenvalue weighted by atomic mass is 9.53. The summed E-state index contributed by atoms with van der Waals surface area (Å²) < 4.78 is 0. The van der Waals surface area contributed by atoms with Crippen LogP contribution in [0.5, 0.6) is 0 Å². The van der Waals surface area contributed by atoms with Gasteiger partial charge >= 0.3 is 0 Å². The maximum Gasteiger partial charge on any atom is 0.0192 e. The number of nitrogens with one attached hydrogen (secondary N) is 1. The highest BCUT2D eigenvalue weighted by Crippen LogP contribution is 2.55. The summed E-state index contributed by atoms with van der Waals surface area (Å²) in [6, 6.07) is 8.78. The summed E-state index contributed by atoms with van der Waals surface area (Å²) >= 11 is 0. The van der Waals surface area contributed by atoms with Crippen molar-refractivity contribution < 1.29 is 0 Å². The van der Waals surface area contributed by atoms with Gasteiger partial charge in [0, 0.05) is 12.1 Å². The molecule has 0 atom stereocenters. The molecule has 1 aromatic carbocycles. The molecule has 0 amide bonds. The standard InChI is InChI=1S/C20H27N/c1-15-4-6-16(7-5-15)3-2-8-21-20-12-17-9-18(13-20)11-19(10-17)14-20/h2-7,17-19,21H,8-14H2,1H3/b3-2+. The van der Waals surface area contributed by atoms with Crippen molar-refractivity contribution in [3.05, 3.63) is 41.5 Å². The number of hydrogen-bond acceptors (Lipinski definition) is 1. The molecule has 1 aromatic rings. The number of hydrogen-bond donors (Lipinski definition) is 1. The molecule has 4 aliphatic rings. The van der Waals surface area contributed by atoms with Gasteiger partial charge in [0.2, 0.25) is 0 Å². The molecule has 4 aliphatic carbocycles. The van der Waals surface area contributed by atoms with Crippen LogP contribution in [0, 0.1) is 24.7 Å². The molecule has 5 rings (SSSR count). The molecule has 0 aromatic heterocycles. The first-order valence-electron chi connectivity index (χ1n) is 8.69. The molecule has 4 bridgehead atoms. The number of rotatable bonds is 4. The van der Waals surface area contributed by atoms with Crippen molar-refractivity contribution in [2.24, 2.45) is 17.8 Å². The Morgan fingerprint density at radius 3 is 2.14 bits per heavy atom. The largest absolute Gasteiger partial charge is 0.308 e. The smallest absolute Gasteiger partial charge is 0.0192 e. The van der Waals surface area contributed by atoms with Crippen molar-refractivity contribution in [3.63, 3.8) is 0 Å². The van der Waals surface area contributed by atoms with E-state index < -0.39 is 0 Å². The minimum atomic E-state index is 0.492. The summed E-state index contributed by atoms with van der Waals surface area (Å²) in [7, 11) is 0. The summed E-state index contributed by atoms with van der Waals surface area (Å²) in [4.78, 5) is 0. The number of aryl methyl sites for hydroxylation is 1. The lowest BCUT2D eigenvalue weighted by molar-refractivity contribution is -0.0178. The van der Waals surface area contributed by atoms with Crippen LogP contribution in [0.4, 0.5) is 0 Å². The molecule has 0 heterocycles. The molecule has 21 heavy (non-hydrogen) atoms. The molecular formula is C20H27N. The van der Waals surface area contributed by atoms with Crippen LogP contribution in [0.25, 0.3) is 6.08 Å². The second-order valence-electron chi connectivity index (χ2n) is 7.89. The monoisotopic (exact) mass is 281 g/mol. The maximum absolute atomic E-state index is 3.92. The van der Waals surface area contributed by atoms with E-state index in [-0.39, 0.29) is 0 Å². The Hall–Kier alpha value is -1.08. The molecular weight excluding hydrogens is 254 g/mol. The van der Waals surface area contributed by atoms with Gasteiger partial charge in [0.1, 0.15) is 0 Å². The molecule has 1 heteroatoms. The van der Waals surface area contributed by atoms with Gasteiger partial charge in [-0.15, -0.1) is 0 Å². The van der Waals surface area contributed by atoms with Crippen LogP contribution < -0.4 is 5.32 Å². The topological polar surface area (TPSA) is 12.0 Å². The van der Waals surface area contributed by atoms with E-state index in [4.69, 9.17) is 0 Å². The Morgan fingerprint density at radius 1 is 1.00 bits per heavy atom. The van der Waals surface area contributed by atoms with Crippen LogP contribution >= 0.6 is 0 Å². The normalized spacial score (nSPS) is 37.5. The van der Waals surface area contributed by atoms with Crippen LogP contribution in [0.2, 0.25) is 0 Å². The highest BCUT2D eigenvalue weighted by atomic mass is 15.0. The van der Waals surface area contributed by atoms with Crippen molar-refractivity contribution in [2.45, 2.75) is 51.0 Å². The van der Waals surface area contributed by atoms with Crippen LogP contribution in [-0.4, -0.2) is 12.1 Å². The van der Waals surface area contributed by atoms with Gasteiger partial charge in [-0.3, -0.25) is 0 Å². The molecule has 0 saturated heterocycles. The third-order valence-electron chi connectivity index (χ3n) is 6.02. The van der Waals surface area contributed by atoms with Gasteiger partial charge in [0.05, 0.1) is 0 Å². The highest BCUT2D eigenvalue weighted by molar-refractivity contribution is 5.49. The van der Waals surface area contributed by atoms with Gasteiger partial charge in [0.15, 0.2) is 0 Å². The first-order chi connectivity index (χ1) is 10.2. The van der Waals surface area contributed by atoms with E-state index in [0.717, 1.165) is 24.3 Å². The lowest BCUT2D eigenvalue weighted by Gasteiger charge is -2.57. The van der Waals surface area contributed by atoms with E-state index in [1.807, 2.05) is 0 Å². The molecule has 0 radical (unpaired) electrons. The van der Waals surface area contributed by atoms with Gasteiger partial charge < -0.3 is 5.32 Å². The van der Waals surface area contributed by atoms with Gasteiger partial charge in [0.25, 0.3) is 0 Å². The Balaban J connectivity index is 1.35. The maximum atomic E-state index is 3.92. The van der Waals surface area contributed by atoms with Gasteiger partial charge in [-0.1, -0.05) is 42.0 Å². The Labute approximate surface area is 128 Å². The lowest BCUT2D eigenvalue weighted by Crippen LogP contribution is -2.58. The molecule has 4 saturated carbocycles. The number of benzene rings is 1. The van der Waals surface area contributed by atoms with Crippen molar-refractivity contribution in [1.29, 1.82) is 0 Å². The van der Waals surface area contributed by atoms with Crippen LogP contribution in [0.15, 0.2) is 30.3 Å². The zero-order valence-electron chi connectivity index (χ0n) is 13.1. The fourth-order valence-corrected chi connectivity index (χ4v) is 5.48. The average Bonchev–Trinajstić information content (AvgIpc) is 2.44. The van der Waals surface area contributed by atoms with Gasteiger partial charge in [-0.2, -0.15) is 0 Å². The Kier molecular flexibility index (Phi) is 3.41. The summed E-state index contributed by atoms with van der Waals surface area (Å²) in [5, 5.41) is 3.92. The molecule has 0 spiro atoms. The second kappa shape index (κ2) is 5.28. The predicted molar refractivity (Wildman–Crippen MR) is 89.1 cm³/mol. The Morgan fingerprint density at radius 2 is 1.57 bits per heavy atom. The van der Waals surface area contributed by atoms with Crippen LogP contribution in [-0.2, 0) is 0 Å². The van der Waals surface area contributed by atoms with Crippen LogP contribution in [0.3, 0.4) is 0 Å². The SMILES string of the molecule is Cc1ccc(/C=C/CNC23CC4CC(CC(C4)C2)C3)cc1. The first-order valence-corrected chi connectivity index (χ1v) is 8.69. The van der Waals surface area contributed by atoms with Crippen molar-refractivity contribution in [1.82, 2.24) is 5.32 Å². The third-order valence-corrected chi connectivity index (χ3v) is 6.02. The van der Waals surface area contributed by atoms with Gasteiger partial charge in [-0.05, 0) is 68.8 Å². The predicted octanol–water partition coefficient (Wildman–Crippen LogP) is 4.57. The summed E-state index contributed by atoms with van der Waals surface area (Å²) in [5.41, 5.74) is 3.14. The first kappa shape index (κ1) is 13.6. The van der Waals surface area contributed by atoms with Crippen molar-refractivity contribution in [2.75, 3.05) is 6.54 Å².